The molecule has 0 saturated carbocycles. The predicted octanol–water partition coefficient (Wildman–Crippen LogP) is 6.00. The van der Waals surface area contributed by atoms with Crippen LogP contribution in [0.25, 0.3) is 32.6 Å². The van der Waals surface area contributed by atoms with Crippen molar-refractivity contribution in [3.8, 4) is 0 Å². The second kappa shape index (κ2) is 4.09. The Bertz CT molecular complexity index is 938. The smallest absolute Gasteiger partial charge is 0.0610 e. The molecule has 1 nitrogen and oxygen atoms in total. The first-order valence-corrected chi connectivity index (χ1v) is 7.60. The van der Waals surface area contributed by atoms with Gasteiger partial charge in [0, 0.05) is 25.2 Å². The molecule has 1 heterocycles. The monoisotopic (exact) mass is 373 g/mol. The lowest BCUT2D eigenvalue weighted by Crippen LogP contribution is -1.73. The summed E-state index contributed by atoms with van der Waals surface area (Å²) in [7, 11) is 0. The Balaban J connectivity index is 2.26. The number of aromatic nitrogens is 1. The van der Waals surface area contributed by atoms with E-state index in [-0.39, 0.29) is 0 Å². The highest BCUT2D eigenvalue weighted by Gasteiger charge is 2.09. The molecule has 3 aromatic carbocycles. The molecule has 0 bridgehead atoms. The van der Waals surface area contributed by atoms with E-state index in [1.165, 1.54) is 27.1 Å². The fourth-order valence-corrected chi connectivity index (χ4v) is 3.94. The first kappa shape index (κ1) is 11.5. The zero-order chi connectivity index (χ0) is 13.0. The largest absolute Gasteiger partial charge is 0.354 e. The number of H-pyrrole nitrogens is 1. The fourth-order valence-electron chi connectivity index (χ4n) is 2.61. The van der Waals surface area contributed by atoms with Gasteiger partial charge in [-0.3, -0.25) is 0 Å². The number of aromatic amines is 1. The van der Waals surface area contributed by atoms with Crippen LogP contribution in [0.1, 0.15) is 0 Å². The van der Waals surface area contributed by atoms with E-state index in [0.29, 0.717) is 0 Å². The molecule has 0 spiro atoms. The van der Waals surface area contributed by atoms with Crippen LogP contribution < -0.4 is 0 Å². The topological polar surface area (TPSA) is 15.8 Å². The number of hydrogen-bond donors (Lipinski definition) is 1. The number of nitrogens with one attached hydrogen (secondary N) is 1. The summed E-state index contributed by atoms with van der Waals surface area (Å²) in [5, 5.41) is 5.03. The Morgan fingerprint density at radius 3 is 2.32 bits per heavy atom. The normalized spacial score (nSPS) is 11.7. The maximum atomic E-state index is 3.62. The molecular weight excluding hydrogens is 366 g/mol. The standard InChI is InChI=1S/C16H9Br2N/c17-11-7-13-12-5-9-3-1-2-4-10(9)6-15(12)19-16(13)14(18)8-11/h1-8,19H. The van der Waals surface area contributed by atoms with Crippen LogP contribution in [0.5, 0.6) is 0 Å². The lowest BCUT2D eigenvalue weighted by Gasteiger charge is -1.98. The van der Waals surface area contributed by atoms with Gasteiger partial charge in [0.15, 0.2) is 0 Å². The minimum absolute atomic E-state index is 1.08. The first-order chi connectivity index (χ1) is 9.22. The van der Waals surface area contributed by atoms with Crippen molar-refractivity contribution in [2.45, 2.75) is 0 Å². The summed E-state index contributed by atoms with van der Waals surface area (Å²) in [6.07, 6.45) is 0. The summed E-state index contributed by atoms with van der Waals surface area (Å²) in [4.78, 5) is 3.50. The Hall–Kier alpha value is -1.32. The van der Waals surface area contributed by atoms with E-state index in [1.807, 2.05) is 0 Å². The van der Waals surface area contributed by atoms with Gasteiger partial charge in [0.2, 0.25) is 0 Å². The lowest BCUT2D eigenvalue weighted by atomic mass is 10.1. The second-order valence-electron chi connectivity index (χ2n) is 4.68. The molecule has 4 aromatic rings. The fraction of sp³-hybridized carbons (Fsp3) is 0. The average Bonchev–Trinajstić information content (AvgIpc) is 2.74. The maximum absolute atomic E-state index is 3.62. The molecule has 0 aliphatic carbocycles. The van der Waals surface area contributed by atoms with E-state index < -0.39 is 0 Å². The Morgan fingerprint density at radius 1 is 0.789 bits per heavy atom. The van der Waals surface area contributed by atoms with Gasteiger partial charge in [-0.1, -0.05) is 40.2 Å². The summed E-state index contributed by atoms with van der Waals surface area (Å²) in [5.74, 6) is 0. The summed E-state index contributed by atoms with van der Waals surface area (Å²) < 4.78 is 2.16. The van der Waals surface area contributed by atoms with Gasteiger partial charge in [-0.2, -0.15) is 0 Å². The van der Waals surface area contributed by atoms with Crippen LogP contribution in [0, 0.1) is 0 Å². The molecule has 0 saturated heterocycles. The number of rotatable bonds is 0. The molecule has 0 radical (unpaired) electrons. The minimum atomic E-state index is 1.08. The summed E-state index contributed by atoms with van der Waals surface area (Å²) in [5.41, 5.74) is 2.32. The van der Waals surface area contributed by atoms with Crippen LogP contribution in [-0.2, 0) is 0 Å². The van der Waals surface area contributed by atoms with E-state index in [0.717, 1.165) is 14.5 Å². The molecule has 0 fully saturated rings. The summed E-state index contributed by atoms with van der Waals surface area (Å²) >= 11 is 7.18. The van der Waals surface area contributed by atoms with Crippen LogP contribution in [0.15, 0.2) is 57.5 Å². The molecular formula is C16H9Br2N. The molecule has 1 aromatic heterocycles. The highest BCUT2D eigenvalue weighted by molar-refractivity contribution is 9.11. The van der Waals surface area contributed by atoms with Gasteiger partial charge < -0.3 is 4.98 Å². The van der Waals surface area contributed by atoms with Gasteiger partial charge in [0.25, 0.3) is 0 Å². The van der Waals surface area contributed by atoms with E-state index >= 15 is 0 Å². The molecule has 0 amide bonds. The first-order valence-electron chi connectivity index (χ1n) is 6.01. The SMILES string of the molecule is Brc1cc(Br)c2[nH]c3cc4ccccc4cc3c2c1. The van der Waals surface area contributed by atoms with Crippen LogP contribution in [0.4, 0.5) is 0 Å². The van der Waals surface area contributed by atoms with Crippen molar-refractivity contribution in [2.24, 2.45) is 0 Å². The molecule has 3 heteroatoms. The van der Waals surface area contributed by atoms with Crippen molar-refractivity contribution in [1.29, 1.82) is 0 Å². The molecule has 4 rings (SSSR count). The number of hydrogen-bond acceptors (Lipinski definition) is 0. The van der Waals surface area contributed by atoms with Gasteiger partial charge in [0.1, 0.15) is 0 Å². The molecule has 1 N–H and O–H groups in total. The summed E-state index contributed by atoms with van der Waals surface area (Å²) in [6, 6.07) is 17.1. The van der Waals surface area contributed by atoms with Crippen molar-refractivity contribution in [3.63, 3.8) is 0 Å². The van der Waals surface area contributed by atoms with Crippen LogP contribution >= 0.6 is 31.9 Å². The number of fused-ring (bicyclic) bond motifs is 4. The number of halogens is 2. The highest BCUT2D eigenvalue weighted by Crippen LogP contribution is 2.35. The highest BCUT2D eigenvalue weighted by atomic mass is 79.9. The Morgan fingerprint density at radius 2 is 1.53 bits per heavy atom. The minimum Gasteiger partial charge on any atom is -0.354 e. The van der Waals surface area contributed by atoms with Gasteiger partial charge in [-0.15, -0.1) is 0 Å². The third-order valence-corrected chi connectivity index (χ3v) is 4.57. The van der Waals surface area contributed by atoms with Gasteiger partial charge in [-0.05, 0) is 51.0 Å². The van der Waals surface area contributed by atoms with Crippen molar-refractivity contribution in [3.05, 3.63) is 57.5 Å². The molecule has 0 aliphatic heterocycles. The van der Waals surface area contributed by atoms with Crippen molar-refractivity contribution in [1.82, 2.24) is 4.98 Å². The van der Waals surface area contributed by atoms with Crippen molar-refractivity contribution < 1.29 is 0 Å². The molecule has 19 heavy (non-hydrogen) atoms. The van der Waals surface area contributed by atoms with Gasteiger partial charge >= 0.3 is 0 Å². The van der Waals surface area contributed by atoms with Crippen LogP contribution in [0.3, 0.4) is 0 Å². The molecule has 92 valence electrons. The zero-order valence-corrected chi connectivity index (χ0v) is 13.0. The van der Waals surface area contributed by atoms with Gasteiger partial charge in [0.05, 0.1) is 5.52 Å². The quantitative estimate of drug-likeness (QED) is 0.388. The molecule has 0 aliphatic rings. The van der Waals surface area contributed by atoms with Crippen LogP contribution in [-0.4, -0.2) is 4.98 Å². The van der Waals surface area contributed by atoms with Crippen molar-refractivity contribution >= 4 is 64.4 Å². The third kappa shape index (κ3) is 1.72. The predicted molar refractivity (Wildman–Crippen MR) is 88.7 cm³/mol. The zero-order valence-electron chi connectivity index (χ0n) is 9.87. The number of benzene rings is 3. The van der Waals surface area contributed by atoms with E-state index in [4.69, 9.17) is 0 Å². The Labute approximate surface area is 126 Å². The van der Waals surface area contributed by atoms with Gasteiger partial charge in [-0.25, -0.2) is 0 Å². The maximum Gasteiger partial charge on any atom is 0.0610 e. The van der Waals surface area contributed by atoms with Crippen LogP contribution in [0.2, 0.25) is 0 Å². The molecule has 0 unspecified atom stereocenters. The van der Waals surface area contributed by atoms with Crippen molar-refractivity contribution in [2.75, 3.05) is 0 Å². The van der Waals surface area contributed by atoms with E-state index in [2.05, 4.69) is 85.4 Å². The van der Waals surface area contributed by atoms with E-state index in [9.17, 15) is 0 Å². The molecule has 0 atom stereocenters. The average molecular weight is 375 g/mol. The van der Waals surface area contributed by atoms with E-state index in [1.54, 1.807) is 0 Å². The summed E-state index contributed by atoms with van der Waals surface area (Å²) in [6.45, 7) is 0. The lowest BCUT2D eigenvalue weighted by molar-refractivity contribution is 1.53. The Kier molecular flexibility index (Phi) is 2.47. The third-order valence-electron chi connectivity index (χ3n) is 3.49. The second-order valence-corrected chi connectivity index (χ2v) is 6.45.